The Morgan fingerprint density at radius 1 is 0.893 bits per heavy atom. The summed E-state index contributed by atoms with van der Waals surface area (Å²) < 4.78 is 23.7. The Hall–Kier alpha value is -3.62. The topological polar surface area (TPSA) is 106 Å². The van der Waals surface area contributed by atoms with Crippen LogP contribution in [0.3, 0.4) is 0 Å². The molecule has 148 valence electrons. The van der Waals surface area contributed by atoms with E-state index in [4.69, 9.17) is 9.47 Å². The molecule has 3 amide bonds. The van der Waals surface area contributed by atoms with Crippen molar-refractivity contribution < 1.29 is 28.2 Å². The molecule has 0 aliphatic carbocycles. The second-order valence-corrected chi connectivity index (χ2v) is 5.43. The lowest BCUT2D eigenvalue weighted by molar-refractivity contribution is -0.129. The molecule has 0 fully saturated rings. The summed E-state index contributed by atoms with van der Waals surface area (Å²) in [5, 5.41) is 2.42. The van der Waals surface area contributed by atoms with Crippen LogP contribution >= 0.6 is 0 Å². The molecule has 28 heavy (non-hydrogen) atoms. The molecule has 2 aromatic carbocycles. The maximum Gasteiger partial charge on any atom is 0.276 e. The van der Waals surface area contributed by atoms with Crippen LogP contribution in [-0.2, 0) is 9.59 Å². The summed E-state index contributed by atoms with van der Waals surface area (Å²) in [6.07, 6.45) is 0. The molecule has 0 spiro atoms. The van der Waals surface area contributed by atoms with Gasteiger partial charge in [-0.15, -0.1) is 0 Å². The van der Waals surface area contributed by atoms with E-state index in [1.165, 1.54) is 18.2 Å². The summed E-state index contributed by atoms with van der Waals surface area (Å²) >= 11 is 0. The van der Waals surface area contributed by atoms with E-state index in [-0.39, 0.29) is 12.3 Å². The molecule has 0 aliphatic rings. The summed E-state index contributed by atoms with van der Waals surface area (Å²) in [7, 11) is 0. The average Bonchev–Trinajstić information content (AvgIpc) is 2.70. The average molecular weight is 389 g/mol. The minimum absolute atomic E-state index is 0.0794. The first-order valence-corrected chi connectivity index (χ1v) is 8.46. The lowest BCUT2D eigenvalue weighted by atomic mass is 10.2. The Labute approximate surface area is 161 Å². The first-order valence-electron chi connectivity index (χ1n) is 8.46. The molecule has 8 nitrogen and oxygen atoms in total. The monoisotopic (exact) mass is 389 g/mol. The fourth-order valence-corrected chi connectivity index (χ4v) is 2.12. The maximum atomic E-state index is 13.4. The highest BCUT2D eigenvalue weighted by Gasteiger charge is 2.13. The molecular formula is C19H20FN3O5. The van der Waals surface area contributed by atoms with Crippen molar-refractivity contribution in [3.63, 3.8) is 0 Å². The van der Waals surface area contributed by atoms with Gasteiger partial charge in [-0.25, -0.2) is 4.39 Å². The molecule has 0 radical (unpaired) electrons. The molecular weight excluding hydrogens is 369 g/mol. The third-order valence-corrected chi connectivity index (χ3v) is 3.38. The van der Waals surface area contributed by atoms with Gasteiger partial charge in [0.25, 0.3) is 17.7 Å². The Kier molecular flexibility index (Phi) is 7.77. The Morgan fingerprint density at radius 2 is 1.54 bits per heavy atom. The number of amides is 3. The molecule has 9 heteroatoms. The van der Waals surface area contributed by atoms with Gasteiger partial charge in [0.1, 0.15) is 5.75 Å². The molecule has 0 aromatic heterocycles. The van der Waals surface area contributed by atoms with Gasteiger partial charge in [-0.3, -0.25) is 25.2 Å². The fraction of sp³-hybridized carbons (Fsp3) is 0.211. The van der Waals surface area contributed by atoms with Crippen molar-refractivity contribution in [2.24, 2.45) is 0 Å². The van der Waals surface area contributed by atoms with Gasteiger partial charge in [0.2, 0.25) is 0 Å². The molecule has 0 heterocycles. The van der Waals surface area contributed by atoms with Crippen LogP contribution in [-0.4, -0.2) is 37.5 Å². The van der Waals surface area contributed by atoms with E-state index in [0.717, 1.165) is 0 Å². The Bertz CT molecular complexity index is 844. The zero-order valence-electron chi connectivity index (χ0n) is 15.2. The Balaban J connectivity index is 1.73. The van der Waals surface area contributed by atoms with E-state index in [0.29, 0.717) is 17.9 Å². The minimum Gasteiger partial charge on any atom is -0.493 e. The number of ether oxygens (including phenoxy) is 2. The van der Waals surface area contributed by atoms with Crippen LogP contribution in [0.2, 0.25) is 0 Å². The SMILES string of the molecule is CCOc1ccccc1C(=O)NCC(=O)NNC(=O)COc1ccccc1F. The van der Waals surface area contributed by atoms with Crippen molar-refractivity contribution in [1.82, 2.24) is 16.2 Å². The van der Waals surface area contributed by atoms with Crippen LogP contribution in [0, 0.1) is 5.82 Å². The van der Waals surface area contributed by atoms with E-state index in [2.05, 4.69) is 16.2 Å². The van der Waals surface area contributed by atoms with Crippen molar-refractivity contribution in [3.8, 4) is 11.5 Å². The van der Waals surface area contributed by atoms with Gasteiger partial charge >= 0.3 is 0 Å². The number of carbonyl (C=O) groups is 3. The lowest BCUT2D eigenvalue weighted by Crippen LogP contribution is -2.47. The second-order valence-electron chi connectivity index (χ2n) is 5.43. The normalized spacial score (nSPS) is 9.93. The van der Waals surface area contributed by atoms with Crippen molar-refractivity contribution in [2.45, 2.75) is 6.92 Å². The number of hydrogen-bond donors (Lipinski definition) is 3. The van der Waals surface area contributed by atoms with Crippen molar-refractivity contribution in [3.05, 3.63) is 59.9 Å². The van der Waals surface area contributed by atoms with E-state index in [9.17, 15) is 18.8 Å². The molecule has 0 aliphatic heterocycles. The minimum atomic E-state index is -0.690. The fourth-order valence-electron chi connectivity index (χ4n) is 2.12. The van der Waals surface area contributed by atoms with Crippen LogP contribution < -0.4 is 25.6 Å². The summed E-state index contributed by atoms with van der Waals surface area (Å²) in [6.45, 7) is 1.33. The first kappa shape index (κ1) is 20.7. The molecule has 0 saturated heterocycles. The first-order chi connectivity index (χ1) is 13.5. The highest BCUT2D eigenvalue weighted by molar-refractivity contribution is 5.98. The number of halogens is 1. The Morgan fingerprint density at radius 3 is 2.25 bits per heavy atom. The van der Waals surface area contributed by atoms with E-state index >= 15 is 0 Å². The molecule has 2 aromatic rings. The number of para-hydroxylation sites is 2. The van der Waals surface area contributed by atoms with Crippen LogP contribution in [0.4, 0.5) is 4.39 Å². The van der Waals surface area contributed by atoms with Gasteiger partial charge in [-0.05, 0) is 31.2 Å². The van der Waals surface area contributed by atoms with Crippen LogP contribution in [0.5, 0.6) is 11.5 Å². The zero-order chi connectivity index (χ0) is 20.4. The number of carbonyl (C=O) groups excluding carboxylic acids is 3. The molecule has 3 N–H and O–H groups in total. The quantitative estimate of drug-likeness (QED) is 0.588. The highest BCUT2D eigenvalue weighted by Crippen LogP contribution is 2.17. The number of rotatable bonds is 8. The zero-order valence-corrected chi connectivity index (χ0v) is 15.2. The standard InChI is InChI=1S/C19H20FN3O5/c1-2-27-15-9-5-3-7-13(15)19(26)21-11-17(24)22-23-18(25)12-28-16-10-6-4-8-14(16)20/h3-10H,2,11-12H2,1H3,(H,21,26)(H,22,24)(H,23,25). The third-order valence-electron chi connectivity index (χ3n) is 3.38. The van der Waals surface area contributed by atoms with Crippen molar-refractivity contribution in [1.29, 1.82) is 0 Å². The molecule has 0 bridgehead atoms. The van der Waals surface area contributed by atoms with Crippen molar-refractivity contribution >= 4 is 17.7 Å². The number of hydrazine groups is 1. The lowest BCUT2D eigenvalue weighted by Gasteiger charge is -2.11. The van der Waals surface area contributed by atoms with E-state index < -0.39 is 30.1 Å². The van der Waals surface area contributed by atoms with Crippen LogP contribution in [0.25, 0.3) is 0 Å². The number of benzene rings is 2. The van der Waals surface area contributed by atoms with Crippen LogP contribution in [0.1, 0.15) is 17.3 Å². The molecule has 2 rings (SSSR count). The predicted octanol–water partition coefficient (Wildman–Crippen LogP) is 1.18. The predicted molar refractivity (Wildman–Crippen MR) is 98.1 cm³/mol. The molecule has 0 unspecified atom stereocenters. The van der Waals surface area contributed by atoms with Gasteiger partial charge in [0.05, 0.1) is 18.7 Å². The third kappa shape index (κ3) is 6.27. The maximum absolute atomic E-state index is 13.4. The molecule has 0 saturated carbocycles. The van der Waals surface area contributed by atoms with Gasteiger partial charge in [0, 0.05) is 0 Å². The van der Waals surface area contributed by atoms with Gasteiger partial charge in [0.15, 0.2) is 18.2 Å². The summed E-state index contributed by atoms with van der Waals surface area (Å²) in [5.74, 6) is -2.11. The second kappa shape index (κ2) is 10.5. The van der Waals surface area contributed by atoms with Crippen LogP contribution in [0.15, 0.2) is 48.5 Å². The summed E-state index contributed by atoms with van der Waals surface area (Å²) in [6, 6.07) is 12.2. The smallest absolute Gasteiger partial charge is 0.276 e. The van der Waals surface area contributed by atoms with E-state index in [1.807, 2.05) is 0 Å². The number of hydrogen-bond acceptors (Lipinski definition) is 5. The summed E-state index contributed by atoms with van der Waals surface area (Å²) in [4.78, 5) is 35.5. The van der Waals surface area contributed by atoms with Crippen molar-refractivity contribution in [2.75, 3.05) is 19.8 Å². The summed E-state index contributed by atoms with van der Waals surface area (Å²) in [5.41, 5.74) is 4.52. The van der Waals surface area contributed by atoms with Gasteiger partial charge in [-0.1, -0.05) is 24.3 Å². The van der Waals surface area contributed by atoms with Gasteiger partial charge < -0.3 is 14.8 Å². The molecule has 0 atom stereocenters. The van der Waals surface area contributed by atoms with E-state index in [1.54, 1.807) is 37.3 Å². The highest BCUT2D eigenvalue weighted by atomic mass is 19.1. The van der Waals surface area contributed by atoms with Gasteiger partial charge in [-0.2, -0.15) is 0 Å². The number of nitrogens with one attached hydrogen (secondary N) is 3. The largest absolute Gasteiger partial charge is 0.493 e.